The van der Waals surface area contributed by atoms with Crippen molar-refractivity contribution in [3.05, 3.63) is 87.4 Å². The molecule has 5 nitrogen and oxygen atoms in total. The van der Waals surface area contributed by atoms with Crippen LogP contribution in [0.15, 0.2) is 76.1 Å². The molecule has 156 valence electrons. The number of carbonyl (C=O) groups excluding carboxylic acids is 1. The van der Waals surface area contributed by atoms with Crippen LogP contribution in [0.1, 0.15) is 11.1 Å². The number of benzene rings is 3. The molecule has 0 radical (unpaired) electrons. The quantitative estimate of drug-likeness (QED) is 0.475. The molecule has 3 aromatic carbocycles. The van der Waals surface area contributed by atoms with Crippen molar-refractivity contribution in [3.8, 4) is 0 Å². The third kappa shape index (κ3) is 5.22. The third-order valence-electron chi connectivity index (χ3n) is 4.45. The Balaban J connectivity index is 1.94. The maximum atomic E-state index is 13.4. The van der Waals surface area contributed by atoms with E-state index in [9.17, 15) is 13.2 Å². The lowest BCUT2D eigenvalue weighted by Crippen LogP contribution is -2.38. The minimum atomic E-state index is -3.96. The Morgan fingerprint density at radius 2 is 1.73 bits per heavy atom. The first-order chi connectivity index (χ1) is 14.2. The molecule has 0 aliphatic carbocycles. The number of aryl methyl sites for hydroxylation is 2. The number of rotatable bonds is 6. The lowest BCUT2D eigenvalue weighted by molar-refractivity contribution is -0.114. The van der Waals surface area contributed by atoms with Crippen LogP contribution in [0.2, 0.25) is 5.02 Å². The van der Waals surface area contributed by atoms with Crippen molar-refractivity contribution in [1.82, 2.24) is 0 Å². The number of halogens is 2. The second-order valence-corrected chi connectivity index (χ2v) is 10.0. The van der Waals surface area contributed by atoms with Crippen LogP contribution in [0, 0.1) is 13.8 Å². The van der Waals surface area contributed by atoms with Gasteiger partial charge >= 0.3 is 0 Å². The van der Waals surface area contributed by atoms with E-state index in [4.69, 9.17) is 11.6 Å². The summed E-state index contributed by atoms with van der Waals surface area (Å²) < 4.78 is 28.5. The van der Waals surface area contributed by atoms with E-state index in [2.05, 4.69) is 21.2 Å². The van der Waals surface area contributed by atoms with Crippen LogP contribution in [0.3, 0.4) is 0 Å². The molecular formula is C22H20BrClN2O3S. The van der Waals surface area contributed by atoms with Crippen LogP contribution in [0.5, 0.6) is 0 Å². The molecule has 0 unspecified atom stereocenters. The predicted octanol–water partition coefficient (Wildman–Crippen LogP) is 5.55. The van der Waals surface area contributed by atoms with Gasteiger partial charge in [0.25, 0.3) is 10.0 Å². The summed E-state index contributed by atoms with van der Waals surface area (Å²) in [5.74, 6) is -0.481. The largest absolute Gasteiger partial charge is 0.324 e. The normalized spacial score (nSPS) is 11.2. The van der Waals surface area contributed by atoms with Gasteiger partial charge in [0.15, 0.2) is 0 Å². The van der Waals surface area contributed by atoms with E-state index >= 15 is 0 Å². The highest BCUT2D eigenvalue weighted by molar-refractivity contribution is 9.10. The maximum Gasteiger partial charge on any atom is 0.264 e. The summed E-state index contributed by atoms with van der Waals surface area (Å²) in [5, 5.41) is 3.23. The number of amides is 1. The summed E-state index contributed by atoms with van der Waals surface area (Å²) in [6, 6.07) is 18.5. The summed E-state index contributed by atoms with van der Waals surface area (Å²) in [5.41, 5.74) is 2.70. The molecule has 0 aliphatic heterocycles. The zero-order valence-corrected chi connectivity index (χ0v) is 19.6. The van der Waals surface area contributed by atoms with Crippen LogP contribution >= 0.6 is 27.5 Å². The lowest BCUT2D eigenvalue weighted by Gasteiger charge is -2.24. The summed E-state index contributed by atoms with van der Waals surface area (Å²) in [6.07, 6.45) is 0. The molecule has 0 heterocycles. The van der Waals surface area contributed by atoms with Gasteiger partial charge in [0, 0.05) is 15.2 Å². The molecule has 8 heteroatoms. The molecular weight excluding hydrogens is 488 g/mol. The van der Waals surface area contributed by atoms with Gasteiger partial charge in [-0.15, -0.1) is 0 Å². The molecule has 0 atom stereocenters. The molecule has 0 bridgehead atoms. The van der Waals surface area contributed by atoms with Crippen molar-refractivity contribution in [3.63, 3.8) is 0 Å². The van der Waals surface area contributed by atoms with Crippen molar-refractivity contribution < 1.29 is 13.2 Å². The highest BCUT2D eigenvalue weighted by Gasteiger charge is 2.27. The minimum Gasteiger partial charge on any atom is -0.324 e. The molecule has 1 N–H and O–H groups in total. The van der Waals surface area contributed by atoms with Gasteiger partial charge in [-0.1, -0.05) is 57.4 Å². The fraction of sp³-hybridized carbons (Fsp3) is 0.136. The van der Waals surface area contributed by atoms with Crippen LogP contribution in [0.25, 0.3) is 0 Å². The van der Waals surface area contributed by atoms with Crippen molar-refractivity contribution in [2.45, 2.75) is 18.7 Å². The Hall–Kier alpha value is -2.35. The molecule has 0 saturated heterocycles. The summed E-state index contributed by atoms with van der Waals surface area (Å²) in [6.45, 7) is 3.35. The molecule has 30 heavy (non-hydrogen) atoms. The van der Waals surface area contributed by atoms with E-state index in [-0.39, 0.29) is 4.90 Å². The summed E-state index contributed by atoms with van der Waals surface area (Å²) in [4.78, 5) is 12.8. The minimum absolute atomic E-state index is 0.110. The van der Waals surface area contributed by atoms with E-state index < -0.39 is 22.5 Å². The second-order valence-electron chi connectivity index (χ2n) is 6.82. The fourth-order valence-electron chi connectivity index (χ4n) is 2.79. The molecule has 0 saturated carbocycles. The Morgan fingerprint density at radius 1 is 1.03 bits per heavy atom. The average molecular weight is 508 g/mol. The van der Waals surface area contributed by atoms with Crippen molar-refractivity contribution in [2.24, 2.45) is 0 Å². The maximum absolute atomic E-state index is 13.4. The molecule has 1 amide bonds. The van der Waals surface area contributed by atoms with E-state index in [1.807, 2.05) is 13.8 Å². The lowest BCUT2D eigenvalue weighted by atomic mass is 10.2. The van der Waals surface area contributed by atoms with Crippen LogP contribution in [-0.4, -0.2) is 20.9 Å². The summed E-state index contributed by atoms with van der Waals surface area (Å²) in [7, 11) is -3.96. The van der Waals surface area contributed by atoms with Gasteiger partial charge in [0.2, 0.25) is 5.91 Å². The standard InChI is InChI=1S/C22H20BrClN2O3S/c1-15-6-10-20(11-7-15)30(28,29)26(19-5-3-4-17(23)12-19)14-22(27)25-18-9-8-16(2)21(24)13-18/h3-13H,14H2,1-2H3,(H,25,27). The summed E-state index contributed by atoms with van der Waals surface area (Å²) >= 11 is 9.48. The first-order valence-corrected chi connectivity index (χ1v) is 11.7. The number of nitrogens with zero attached hydrogens (tertiary/aromatic N) is 1. The van der Waals surface area contributed by atoms with Gasteiger partial charge < -0.3 is 5.32 Å². The Bertz CT molecular complexity index is 1180. The van der Waals surface area contributed by atoms with Crippen LogP contribution in [0.4, 0.5) is 11.4 Å². The number of nitrogens with one attached hydrogen (secondary N) is 1. The van der Waals surface area contributed by atoms with E-state index in [1.165, 1.54) is 12.1 Å². The van der Waals surface area contributed by atoms with Gasteiger partial charge in [0.05, 0.1) is 10.6 Å². The van der Waals surface area contributed by atoms with Crippen molar-refractivity contribution in [2.75, 3.05) is 16.2 Å². The van der Waals surface area contributed by atoms with Gasteiger partial charge in [-0.25, -0.2) is 8.42 Å². The molecule has 0 aliphatic rings. The highest BCUT2D eigenvalue weighted by Crippen LogP contribution is 2.27. The van der Waals surface area contributed by atoms with E-state index in [1.54, 1.807) is 54.6 Å². The first kappa shape index (κ1) is 22.3. The zero-order valence-electron chi connectivity index (χ0n) is 16.4. The topological polar surface area (TPSA) is 66.5 Å². The van der Waals surface area contributed by atoms with E-state index in [0.717, 1.165) is 15.4 Å². The number of hydrogen-bond acceptors (Lipinski definition) is 3. The Kier molecular flexibility index (Phi) is 6.85. The second kappa shape index (κ2) is 9.20. The molecule has 3 rings (SSSR count). The van der Waals surface area contributed by atoms with Gasteiger partial charge in [0.1, 0.15) is 6.54 Å². The molecule has 0 fully saturated rings. The molecule has 3 aromatic rings. The fourth-order valence-corrected chi connectivity index (χ4v) is 4.77. The third-order valence-corrected chi connectivity index (χ3v) is 7.14. The van der Waals surface area contributed by atoms with E-state index in [0.29, 0.717) is 20.9 Å². The predicted molar refractivity (Wildman–Crippen MR) is 125 cm³/mol. The number of carbonyl (C=O) groups is 1. The smallest absolute Gasteiger partial charge is 0.264 e. The molecule has 0 spiro atoms. The number of hydrogen-bond donors (Lipinski definition) is 1. The number of sulfonamides is 1. The number of anilines is 2. The van der Waals surface area contributed by atoms with Crippen molar-refractivity contribution in [1.29, 1.82) is 0 Å². The average Bonchev–Trinajstić information content (AvgIpc) is 2.69. The Labute approximate surface area is 189 Å². The van der Waals surface area contributed by atoms with Gasteiger partial charge in [-0.3, -0.25) is 9.10 Å². The monoisotopic (exact) mass is 506 g/mol. The van der Waals surface area contributed by atoms with Gasteiger partial charge in [-0.2, -0.15) is 0 Å². The highest BCUT2D eigenvalue weighted by atomic mass is 79.9. The first-order valence-electron chi connectivity index (χ1n) is 9.08. The zero-order chi connectivity index (χ0) is 21.9. The van der Waals surface area contributed by atoms with Gasteiger partial charge in [-0.05, 0) is 61.9 Å². The van der Waals surface area contributed by atoms with Crippen molar-refractivity contribution >= 4 is 54.8 Å². The molecule has 0 aromatic heterocycles. The van der Waals surface area contributed by atoms with Crippen LogP contribution in [-0.2, 0) is 14.8 Å². The van der Waals surface area contributed by atoms with Crippen LogP contribution < -0.4 is 9.62 Å². The Morgan fingerprint density at radius 3 is 2.37 bits per heavy atom. The SMILES string of the molecule is Cc1ccc(S(=O)(=O)N(CC(=O)Nc2ccc(C)c(Cl)c2)c2cccc(Br)c2)cc1.